The van der Waals surface area contributed by atoms with Gasteiger partial charge in [-0.2, -0.15) is 0 Å². The quantitative estimate of drug-likeness (QED) is 0.604. The molecule has 0 fully saturated rings. The Labute approximate surface area is 66.4 Å². The fourth-order valence-electron chi connectivity index (χ4n) is 1.64. The molecule has 0 saturated carbocycles. The molecule has 2 heteroatoms. The first-order chi connectivity index (χ1) is 5.38. The summed E-state index contributed by atoms with van der Waals surface area (Å²) in [5, 5.41) is 0. The van der Waals surface area contributed by atoms with E-state index in [9.17, 15) is 0 Å². The van der Waals surface area contributed by atoms with E-state index in [1.165, 1.54) is 17.7 Å². The SMILES string of the molecule is N[C@H]1CCCc2ncccc21. The molecule has 1 heterocycles. The van der Waals surface area contributed by atoms with Crippen LogP contribution in [0.25, 0.3) is 0 Å². The molecule has 1 aliphatic carbocycles. The predicted octanol–water partition coefficient (Wildman–Crippen LogP) is 1.42. The number of rotatable bonds is 0. The van der Waals surface area contributed by atoms with E-state index < -0.39 is 0 Å². The van der Waals surface area contributed by atoms with Crippen molar-refractivity contribution < 1.29 is 0 Å². The lowest BCUT2D eigenvalue weighted by molar-refractivity contribution is 0.560. The molecule has 0 amide bonds. The van der Waals surface area contributed by atoms with Crippen LogP contribution in [0.5, 0.6) is 0 Å². The Morgan fingerprint density at radius 3 is 3.27 bits per heavy atom. The molecular weight excluding hydrogens is 136 g/mol. The van der Waals surface area contributed by atoms with Crippen molar-refractivity contribution in [3.05, 3.63) is 29.6 Å². The molecule has 0 spiro atoms. The van der Waals surface area contributed by atoms with Gasteiger partial charge in [0.05, 0.1) is 0 Å². The monoisotopic (exact) mass is 148 g/mol. The van der Waals surface area contributed by atoms with Crippen LogP contribution in [-0.4, -0.2) is 4.98 Å². The third-order valence-electron chi connectivity index (χ3n) is 2.25. The van der Waals surface area contributed by atoms with E-state index in [1.54, 1.807) is 0 Å². The van der Waals surface area contributed by atoms with Gasteiger partial charge in [0.1, 0.15) is 0 Å². The first-order valence-corrected chi connectivity index (χ1v) is 4.07. The summed E-state index contributed by atoms with van der Waals surface area (Å²) in [6.07, 6.45) is 5.24. The van der Waals surface area contributed by atoms with Crippen LogP contribution in [-0.2, 0) is 6.42 Å². The van der Waals surface area contributed by atoms with E-state index in [-0.39, 0.29) is 6.04 Å². The van der Waals surface area contributed by atoms with Crippen LogP contribution in [0.15, 0.2) is 18.3 Å². The molecular formula is C9H12N2. The molecule has 1 aromatic rings. The summed E-state index contributed by atoms with van der Waals surface area (Å²) in [6, 6.07) is 4.28. The number of aromatic nitrogens is 1. The summed E-state index contributed by atoms with van der Waals surface area (Å²) < 4.78 is 0. The van der Waals surface area contributed by atoms with Crippen molar-refractivity contribution in [2.75, 3.05) is 0 Å². The summed E-state index contributed by atoms with van der Waals surface area (Å²) in [7, 11) is 0. The lowest BCUT2D eigenvalue weighted by Gasteiger charge is -2.20. The maximum Gasteiger partial charge on any atom is 0.0451 e. The van der Waals surface area contributed by atoms with Crippen LogP contribution < -0.4 is 5.73 Å². The Balaban J connectivity index is 2.44. The van der Waals surface area contributed by atoms with E-state index in [2.05, 4.69) is 11.1 Å². The van der Waals surface area contributed by atoms with Gasteiger partial charge in [-0.05, 0) is 30.9 Å². The summed E-state index contributed by atoms with van der Waals surface area (Å²) in [5.74, 6) is 0. The highest BCUT2D eigenvalue weighted by Crippen LogP contribution is 2.25. The van der Waals surface area contributed by atoms with Crippen molar-refractivity contribution in [1.29, 1.82) is 0 Å². The number of nitrogens with zero attached hydrogens (tertiary/aromatic N) is 1. The Hall–Kier alpha value is -0.890. The Morgan fingerprint density at radius 1 is 1.55 bits per heavy atom. The van der Waals surface area contributed by atoms with Gasteiger partial charge in [0.25, 0.3) is 0 Å². The molecule has 2 rings (SSSR count). The highest BCUT2D eigenvalue weighted by atomic mass is 14.7. The van der Waals surface area contributed by atoms with Crippen LogP contribution in [0.1, 0.15) is 30.1 Å². The van der Waals surface area contributed by atoms with E-state index in [4.69, 9.17) is 5.73 Å². The molecule has 0 saturated heterocycles. The average molecular weight is 148 g/mol. The number of nitrogens with two attached hydrogens (primary N) is 1. The second-order valence-corrected chi connectivity index (χ2v) is 3.04. The van der Waals surface area contributed by atoms with Crippen molar-refractivity contribution >= 4 is 0 Å². The topological polar surface area (TPSA) is 38.9 Å². The van der Waals surface area contributed by atoms with Gasteiger partial charge in [-0.15, -0.1) is 0 Å². The lowest BCUT2D eigenvalue weighted by atomic mass is 9.92. The molecule has 11 heavy (non-hydrogen) atoms. The zero-order valence-corrected chi connectivity index (χ0v) is 6.46. The molecule has 0 aromatic carbocycles. The smallest absolute Gasteiger partial charge is 0.0451 e. The number of hydrogen-bond acceptors (Lipinski definition) is 2. The standard InChI is InChI=1S/C9H12N2/c10-8-4-1-5-9-7(8)3-2-6-11-9/h2-3,6,8H,1,4-5,10H2/t8-/m0/s1. The maximum atomic E-state index is 5.91. The Bertz CT molecular complexity index is 257. The third-order valence-corrected chi connectivity index (χ3v) is 2.25. The van der Waals surface area contributed by atoms with Crippen molar-refractivity contribution in [2.24, 2.45) is 5.73 Å². The van der Waals surface area contributed by atoms with E-state index in [0.717, 1.165) is 12.8 Å². The molecule has 2 N–H and O–H groups in total. The second-order valence-electron chi connectivity index (χ2n) is 3.04. The van der Waals surface area contributed by atoms with Crippen LogP contribution in [0.2, 0.25) is 0 Å². The number of pyridine rings is 1. The van der Waals surface area contributed by atoms with Gasteiger partial charge in [0.15, 0.2) is 0 Å². The highest BCUT2D eigenvalue weighted by Gasteiger charge is 2.16. The van der Waals surface area contributed by atoms with Crippen molar-refractivity contribution in [3.63, 3.8) is 0 Å². The Kier molecular flexibility index (Phi) is 1.62. The Morgan fingerprint density at radius 2 is 2.45 bits per heavy atom. The normalized spacial score (nSPS) is 22.8. The minimum Gasteiger partial charge on any atom is -0.324 e. The van der Waals surface area contributed by atoms with Crippen LogP contribution in [0.4, 0.5) is 0 Å². The van der Waals surface area contributed by atoms with Crippen LogP contribution >= 0.6 is 0 Å². The summed E-state index contributed by atoms with van der Waals surface area (Å²) >= 11 is 0. The first kappa shape index (κ1) is 6.80. The van der Waals surface area contributed by atoms with Gasteiger partial charge >= 0.3 is 0 Å². The zero-order chi connectivity index (χ0) is 7.68. The molecule has 2 nitrogen and oxygen atoms in total. The molecule has 0 bridgehead atoms. The third kappa shape index (κ3) is 1.14. The predicted molar refractivity (Wildman–Crippen MR) is 44.1 cm³/mol. The van der Waals surface area contributed by atoms with Crippen molar-refractivity contribution in [3.8, 4) is 0 Å². The molecule has 1 atom stereocenters. The molecule has 0 unspecified atom stereocenters. The van der Waals surface area contributed by atoms with Gasteiger partial charge in [-0.25, -0.2) is 0 Å². The molecule has 0 radical (unpaired) electrons. The van der Waals surface area contributed by atoms with Gasteiger partial charge in [0, 0.05) is 17.9 Å². The van der Waals surface area contributed by atoms with Crippen molar-refractivity contribution in [1.82, 2.24) is 4.98 Å². The molecule has 1 aliphatic rings. The van der Waals surface area contributed by atoms with Gasteiger partial charge in [-0.3, -0.25) is 4.98 Å². The number of hydrogen-bond donors (Lipinski definition) is 1. The van der Waals surface area contributed by atoms with Crippen LogP contribution in [0, 0.1) is 0 Å². The van der Waals surface area contributed by atoms with Gasteiger partial charge in [0.2, 0.25) is 0 Å². The minimum absolute atomic E-state index is 0.229. The van der Waals surface area contributed by atoms with Gasteiger partial charge < -0.3 is 5.73 Å². The fraction of sp³-hybridized carbons (Fsp3) is 0.444. The number of fused-ring (bicyclic) bond motifs is 1. The second kappa shape index (κ2) is 2.62. The molecule has 0 aliphatic heterocycles. The number of aryl methyl sites for hydroxylation is 1. The largest absolute Gasteiger partial charge is 0.324 e. The summed E-state index contributed by atoms with van der Waals surface area (Å²) in [5.41, 5.74) is 8.36. The lowest BCUT2D eigenvalue weighted by Crippen LogP contribution is -2.17. The van der Waals surface area contributed by atoms with E-state index >= 15 is 0 Å². The zero-order valence-electron chi connectivity index (χ0n) is 6.46. The highest BCUT2D eigenvalue weighted by molar-refractivity contribution is 5.25. The minimum atomic E-state index is 0.229. The molecule has 1 aromatic heterocycles. The fourth-order valence-corrected chi connectivity index (χ4v) is 1.64. The van der Waals surface area contributed by atoms with E-state index in [1.807, 2.05) is 12.3 Å². The summed E-state index contributed by atoms with van der Waals surface area (Å²) in [4.78, 5) is 4.29. The first-order valence-electron chi connectivity index (χ1n) is 4.07. The molecule has 58 valence electrons. The van der Waals surface area contributed by atoms with E-state index in [0.29, 0.717) is 0 Å². The maximum absolute atomic E-state index is 5.91. The average Bonchev–Trinajstić information content (AvgIpc) is 2.06. The van der Waals surface area contributed by atoms with Crippen molar-refractivity contribution in [2.45, 2.75) is 25.3 Å². The van der Waals surface area contributed by atoms with Gasteiger partial charge in [-0.1, -0.05) is 6.07 Å². The van der Waals surface area contributed by atoms with Crippen LogP contribution in [0.3, 0.4) is 0 Å². The summed E-state index contributed by atoms with van der Waals surface area (Å²) in [6.45, 7) is 0.